The predicted molar refractivity (Wildman–Crippen MR) is 54.7 cm³/mol. The van der Waals surface area contributed by atoms with Crippen molar-refractivity contribution < 1.29 is 13.5 Å². The maximum absolute atomic E-state index is 11.1. The highest BCUT2D eigenvalue weighted by Gasteiger charge is 2.42. The van der Waals surface area contributed by atoms with Gasteiger partial charge >= 0.3 is 0 Å². The van der Waals surface area contributed by atoms with E-state index >= 15 is 0 Å². The van der Waals surface area contributed by atoms with Gasteiger partial charge in [-0.15, -0.1) is 0 Å². The van der Waals surface area contributed by atoms with E-state index in [2.05, 4.69) is 0 Å². The summed E-state index contributed by atoms with van der Waals surface area (Å²) in [6.45, 7) is 0.206. The van der Waals surface area contributed by atoms with Crippen molar-refractivity contribution in [3.8, 4) is 0 Å². The van der Waals surface area contributed by atoms with Crippen LogP contribution in [0.2, 0.25) is 0 Å². The maximum atomic E-state index is 11.1. The fourth-order valence-electron chi connectivity index (χ4n) is 2.72. The third-order valence-electron chi connectivity index (χ3n) is 3.76. The van der Waals surface area contributed by atoms with E-state index in [1.807, 2.05) is 0 Å². The molecule has 82 valence electrons. The Morgan fingerprint density at radius 3 is 2.21 bits per heavy atom. The first-order valence-electron chi connectivity index (χ1n) is 5.43. The Labute approximate surface area is 85.4 Å². The van der Waals surface area contributed by atoms with Crippen LogP contribution in [0.4, 0.5) is 0 Å². The van der Waals surface area contributed by atoms with E-state index in [0.717, 1.165) is 6.42 Å². The van der Waals surface area contributed by atoms with Crippen molar-refractivity contribution in [2.45, 2.75) is 25.7 Å². The topological polar surface area (TPSA) is 54.4 Å². The molecule has 1 aliphatic carbocycles. The van der Waals surface area contributed by atoms with E-state index in [1.54, 1.807) is 0 Å². The van der Waals surface area contributed by atoms with Gasteiger partial charge in [-0.25, -0.2) is 8.42 Å². The number of aliphatic hydroxyl groups excluding tert-OH is 1. The van der Waals surface area contributed by atoms with Crippen molar-refractivity contribution in [2.24, 2.45) is 17.8 Å². The SMILES string of the molecule is O=S1(=O)CC(C(CCO)C2CCC2)C1. The molecule has 4 heteroatoms. The van der Waals surface area contributed by atoms with Gasteiger partial charge in [0.1, 0.15) is 0 Å². The monoisotopic (exact) mass is 218 g/mol. The number of sulfone groups is 1. The number of rotatable bonds is 4. The lowest BCUT2D eigenvalue weighted by molar-refractivity contribution is 0.120. The number of hydrogen-bond donors (Lipinski definition) is 1. The second-order valence-corrected chi connectivity index (χ2v) is 6.86. The van der Waals surface area contributed by atoms with E-state index in [4.69, 9.17) is 5.11 Å². The van der Waals surface area contributed by atoms with Crippen LogP contribution in [0.1, 0.15) is 25.7 Å². The predicted octanol–water partition coefficient (Wildman–Crippen LogP) is 0.830. The number of hydrogen-bond acceptors (Lipinski definition) is 3. The van der Waals surface area contributed by atoms with Gasteiger partial charge in [-0.1, -0.05) is 19.3 Å². The first-order chi connectivity index (χ1) is 6.62. The Hall–Kier alpha value is -0.0900. The lowest BCUT2D eigenvalue weighted by Gasteiger charge is -2.42. The molecule has 0 spiro atoms. The molecule has 0 amide bonds. The molecule has 1 unspecified atom stereocenters. The second-order valence-electron chi connectivity index (χ2n) is 4.70. The highest BCUT2D eigenvalue weighted by atomic mass is 32.2. The van der Waals surface area contributed by atoms with Crippen LogP contribution in [-0.4, -0.2) is 31.6 Å². The minimum absolute atomic E-state index is 0.206. The summed E-state index contributed by atoms with van der Waals surface area (Å²) in [7, 11) is -2.69. The highest BCUT2D eigenvalue weighted by Crippen LogP contribution is 2.42. The largest absolute Gasteiger partial charge is 0.396 e. The molecular formula is C10H18O3S. The Morgan fingerprint density at radius 2 is 1.86 bits per heavy atom. The van der Waals surface area contributed by atoms with Gasteiger partial charge in [0.2, 0.25) is 0 Å². The fourth-order valence-corrected chi connectivity index (χ4v) is 4.43. The lowest BCUT2D eigenvalue weighted by atomic mass is 9.70. The lowest BCUT2D eigenvalue weighted by Crippen LogP contribution is -2.45. The highest BCUT2D eigenvalue weighted by molar-refractivity contribution is 7.92. The van der Waals surface area contributed by atoms with Crippen LogP contribution in [0.15, 0.2) is 0 Å². The zero-order valence-corrected chi connectivity index (χ0v) is 9.17. The van der Waals surface area contributed by atoms with Crippen LogP contribution in [-0.2, 0) is 9.84 Å². The average molecular weight is 218 g/mol. The Bertz CT molecular complexity index is 280. The summed E-state index contributed by atoms with van der Waals surface area (Å²) >= 11 is 0. The molecule has 0 aromatic rings. The summed E-state index contributed by atoms with van der Waals surface area (Å²) in [5.74, 6) is 2.25. The molecule has 1 saturated carbocycles. The molecule has 1 aliphatic heterocycles. The molecular weight excluding hydrogens is 200 g/mol. The summed E-state index contributed by atoms with van der Waals surface area (Å²) in [5, 5.41) is 8.95. The van der Waals surface area contributed by atoms with Gasteiger partial charge in [-0.3, -0.25) is 0 Å². The molecule has 0 aromatic carbocycles. The van der Waals surface area contributed by atoms with E-state index in [0.29, 0.717) is 29.3 Å². The molecule has 1 heterocycles. The minimum atomic E-state index is -2.69. The standard InChI is InChI=1S/C10H18O3S/c11-5-4-10(8-2-1-3-8)9-6-14(12,13)7-9/h8-11H,1-7H2. The van der Waals surface area contributed by atoms with Crippen molar-refractivity contribution in [2.75, 3.05) is 18.1 Å². The molecule has 1 saturated heterocycles. The van der Waals surface area contributed by atoms with E-state index < -0.39 is 9.84 Å². The van der Waals surface area contributed by atoms with Crippen LogP contribution in [0, 0.1) is 17.8 Å². The van der Waals surface area contributed by atoms with E-state index in [9.17, 15) is 8.42 Å². The van der Waals surface area contributed by atoms with Crippen molar-refractivity contribution in [1.82, 2.24) is 0 Å². The van der Waals surface area contributed by atoms with Gasteiger partial charge in [0.25, 0.3) is 0 Å². The Balaban J connectivity index is 1.91. The first kappa shape index (κ1) is 10.4. The Kier molecular flexibility index (Phi) is 2.84. The first-order valence-corrected chi connectivity index (χ1v) is 7.26. The van der Waals surface area contributed by atoms with Crippen LogP contribution in [0.5, 0.6) is 0 Å². The van der Waals surface area contributed by atoms with Crippen molar-refractivity contribution in [3.63, 3.8) is 0 Å². The minimum Gasteiger partial charge on any atom is -0.396 e. The maximum Gasteiger partial charge on any atom is 0.150 e. The molecule has 1 atom stereocenters. The molecule has 0 aromatic heterocycles. The molecule has 14 heavy (non-hydrogen) atoms. The molecule has 1 N–H and O–H groups in total. The molecule has 2 aliphatic rings. The van der Waals surface area contributed by atoms with Crippen LogP contribution >= 0.6 is 0 Å². The van der Waals surface area contributed by atoms with Crippen molar-refractivity contribution in [1.29, 1.82) is 0 Å². The third kappa shape index (κ3) is 1.96. The molecule has 0 radical (unpaired) electrons. The van der Waals surface area contributed by atoms with Gasteiger partial charge in [0, 0.05) is 6.61 Å². The molecule has 2 fully saturated rings. The summed E-state index contributed by atoms with van der Waals surface area (Å²) in [5.41, 5.74) is 0. The van der Waals surface area contributed by atoms with E-state index in [1.165, 1.54) is 19.3 Å². The van der Waals surface area contributed by atoms with Crippen LogP contribution < -0.4 is 0 Å². The zero-order chi connectivity index (χ0) is 10.2. The summed E-state index contributed by atoms with van der Waals surface area (Å²) in [6, 6.07) is 0. The van der Waals surface area contributed by atoms with Crippen molar-refractivity contribution >= 4 is 9.84 Å². The summed E-state index contributed by atoms with van der Waals surface area (Å²) < 4.78 is 22.1. The van der Waals surface area contributed by atoms with Gasteiger partial charge in [-0.05, 0) is 24.2 Å². The quantitative estimate of drug-likeness (QED) is 0.760. The second kappa shape index (κ2) is 3.81. The Morgan fingerprint density at radius 1 is 1.21 bits per heavy atom. The summed E-state index contributed by atoms with van der Waals surface area (Å²) in [4.78, 5) is 0. The van der Waals surface area contributed by atoms with Gasteiger partial charge in [-0.2, -0.15) is 0 Å². The van der Waals surface area contributed by atoms with Gasteiger partial charge in [0.05, 0.1) is 11.5 Å². The van der Waals surface area contributed by atoms with Crippen LogP contribution in [0.25, 0.3) is 0 Å². The molecule has 0 bridgehead atoms. The number of aliphatic hydroxyl groups is 1. The molecule has 2 rings (SSSR count). The average Bonchev–Trinajstić information content (AvgIpc) is 1.95. The van der Waals surface area contributed by atoms with Crippen molar-refractivity contribution in [3.05, 3.63) is 0 Å². The van der Waals surface area contributed by atoms with Crippen LogP contribution in [0.3, 0.4) is 0 Å². The zero-order valence-electron chi connectivity index (χ0n) is 8.35. The van der Waals surface area contributed by atoms with E-state index in [-0.39, 0.29) is 6.61 Å². The fraction of sp³-hybridized carbons (Fsp3) is 1.00. The van der Waals surface area contributed by atoms with Gasteiger partial charge < -0.3 is 5.11 Å². The molecule has 3 nitrogen and oxygen atoms in total. The summed E-state index contributed by atoms with van der Waals surface area (Å²) in [6.07, 6.45) is 4.55. The van der Waals surface area contributed by atoms with Gasteiger partial charge in [0.15, 0.2) is 9.84 Å². The third-order valence-corrected chi connectivity index (χ3v) is 5.63. The normalized spacial score (nSPS) is 29.2. The smallest absolute Gasteiger partial charge is 0.150 e.